The summed E-state index contributed by atoms with van der Waals surface area (Å²) in [6, 6.07) is 7.21. The molecular weight excluding hydrogens is 232 g/mol. The van der Waals surface area contributed by atoms with Gasteiger partial charge in [0.05, 0.1) is 5.56 Å². The predicted octanol–water partition coefficient (Wildman–Crippen LogP) is 2.80. The summed E-state index contributed by atoms with van der Waals surface area (Å²) >= 11 is 7.08. The van der Waals surface area contributed by atoms with E-state index in [1.807, 2.05) is 12.1 Å². The van der Waals surface area contributed by atoms with E-state index < -0.39 is 0 Å². The zero-order chi connectivity index (χ0) is 10.8. The second-order valence-electron chi connectivity index (χ2n) is 2.99. The Morgan fingerprint density at radius 1 is 1.33 bits per heavy atom. The van der Waals surface area contributed by atoms with E-state index in [-0.39, 0.29) is 5.56 Å². The van der Waals surface area contributed by atoms with Gasteiger partial charge in [0.2, 0.25) is 0 Å². The lowest BCUT2D eigenvalue weighted by Crippen LogP contribution is -2.02. The number of anilines is 1. The van der Waals surface area contributed by atoms with Crippen LogP contribution in [0.2, 0.25) is 5.02 Å². The van der Waals surface area contributed by atoms with Gasteiger partial charge in [-0.1, -0.05) is 23.7 Å². The van der Waals surface area contributed by atoms with Gasteiger partial charge >= 0.3 is 0 Å². The van der Waals surface area contributed by atoms with Crippen LogP contribution in [-0.2, 0) is 0 Å². The average molecular weight is 241 g/mol. The molecule has 0 saturated heterocycles. The van der Waals surface area contributed by atoms with Crippen molar-refractivity contribution in [2.45, 2.75) is 0 Å². The molecule has 0 aliphatic carbocycles. The summed E-state index contributed by atoms with van der Waals surface area (Å²) in [6.07, 6.45) is 0. The fourth-order valence-electron chi connectivity index (χ4n) is 1.36. The van der Waals surface area contributed by atoms with Gasteiger partial charge in [0.15, 0.2) is 0 Å². The van der Waals surface area contributed by atoms with Gasteiger partial charge in [-0.3, -0.25) is 9.17 Å². The Kier molecular flexibility index (Phi) is 2.79. The average Bonchev–Trinajstić information content (AvgIpc) is 2.61. The molecule has 3 nitrogen and oxygen atoms in total. The smallest absolute Gasteiger partial charge is 0.268 e. The van der Waals surface area contributed by atoms with Gasteiger partial charge in [-0.15, -0.1) is 0 Å². The van der Waals surface area contributed by atoms with Crippen LogP contribution >= 0.6 is 23.1 Å². The summed E-state index contributed by atoms with van der Waals surface area (Å²) in [4.78, 5) is 11.6. The molecule has 5 heteroatoms. The lowest BCUT2D eigenvalue weighted by atomic mass is 10.1. The number of benzene rings is 1. The van der Waals surface area contributed by atoms with Crippen molar-refractivity contribution in [3.63, 3.8) is 0 Å². The van der Waals surface area contributed by atoms with Crippen molar-refractivity contribution in [3.05, 3.63) is 39.6 Å². The van der Waals surface area contributed by atoms with Gasteiger partial charge < -0.3 is 5.32 Å². The number of H-pyrrole nitrogens is 1. The lowest BCUT2D eigenvalue weighted by Gasteiger charge is -2.00. The van der Waals surface area contributed by atoms with Crippen LogP contribution in [0, 0.1) is 0 Å². The molecule has 15 heavy (non-hydrogen) atoms. The molecule has 0 unspecified atom stereocenters. The fraction of sp³-hybridized carbons (Fsp3) is 0.100. The van der Waals surface area contributed by atoms with Crippen molar-refractivity contribution in [2.24, 2.45) is 0 Å². The van der Waals surface area contributed by atoms with Gasteiger partial charge in [-0.25, -0.2) is 0 Å². The first kappa shape index (κ1) is 10.3. The van der Waals surface area contributed by atoms with Crippen LogP contribution in [-0.4, -0.2) is 11.4 Å². The molecule has 0 bridgehead atoms. The highest BCUT2D eigenvalue weighted by Gasteiger charge is 2.10. The minimum atomic E-state index is -0.0772. The molecule has 1 aromatic heterocycles. The van der Waals surface area contributed by atoms with Crippen molar-refractivity contribution in [1.29, 1.82) is 0 Å². The first-order valence-electron chi connectivity index (χ1n) is 4.37. The Hall–Kier alpha value is -1.26. The number of hydrogen-bond donors (Lipinski definition) is 2. The van der Waals surface area contributed by atoms with E-state index in [1.165, 1.54) is 11.5 Å². The number of nitrogens with one attached hydrogen (secondary N) is 2. The monoisotopic (exact) mass is 240 g/mol. The Balaban J connectivity index is 2.57. The Morgan fingerprint density at radius 2 is 2.00 bits per heavy atom. The summed E-state index contributed by atoms with van der Waals surface area (Å²) in [5.74, 6) is 0. The molecule has 2 aromatic rings. The highest BCUT2D eigenvalue weighted by molar-refractivity contribution is 7.10. The molecule has 78 valence electrons. The minimum Gasteiger partial charge on any atom is -0.378 e. The molecule has 0 amide bonds. The highest BCUT2D eigenvalue weighted by Crippen LogP contribution is 2.27. The summed E-state index contributed by atoms with van der Waals surface area (Å²) in [5, 5.41) is 4.48. The van der Waals surface area contributed by atoms with Crippen LogP contribution in [0.15, 0.2) is 29.1 Å². The van der Waals surface area contributed by atoms with Crippen LogP contribution in [0.5, 0.6) is 0 Å². The third kappa shape index (κ3) is 1.91. The minimum absolute atomic E-state index is 0.0772. The third-order valence-corrected chi connectivity index (χ3v) is 3.21. The number of hydrogen-bond acceptors (Lipinski definition) is 3. The molecule has 0 atom stereocenters. The number of aromatic nitrogens is 1. The molecule has 2 rings (SSSR count). The van der Waals surface area contributed by atoms with Gasteiger partial charge in [-0.05, 0) is 29.2 Å². The molecule has 0 saturated carbocycles. The Morgan fingerprint density at radius 3 is 2.60 bits per heavy atom. The van der Waals surface area contributed by atoms with Crippen molar-refractivity contribution in [2.75, 3.05) is 12.4 Å². The second kappa shape index (κ2) is 4.08. The first-order chi connectivity index (χ1) is 7.22. The van der Waals surface area contributed by atoms with Crippen LogP contribution < -0.4 is 10.9 Å². The summed E-state index contributed by atoms with van der Waals surface area (Å²) in [5.41, 5.74) is 1.46. The zero-order valence-electron chi connectivity index (χ0n) is 8.00. The van der Waals surface area contributed by atoms with Crippen LogP contribution in [0.4, 0.5) is 5.00 Å². The quantitative estimate of drug-likeness (QED) is 0.848. The molecular formula is C10H9ClN2OS. The van der Waals surface area contributed by atoms with E-state index in [1.54, 1.807) is 19.2 Å². The normalized spacial score (nSPS) is 10.3. The Bertz CT molecular complexity index is 515. The van der Waals surface area contributed by atoms with Crippen molar-refractivity contribution < 1.29 is 0 Å². The largest absolute Gasteiger partial charge is 0.378 e. The van der Waals surface area contributed by atoms with Crippen molar-refractivity contribution in [1.82, 2.24) is 4.37 Å². The SMILES string of the molecule is CNc1s[nH]c(=O)c1-c1ccc(Cl)cc1. The van der Waals surface area contributed by atoms with E-state index in [0.717, 1.165) is 10.6 Å². The third-order valence-electron chi connectivity index (χ3n) is 2.06. The maximum absolute atomic E-state index is 11.6. The first-order valence-corrected chi connectivity index (χ1v) is 5.57. The van der Waals surface area contributed by atoms with Crippen LogP contribution in [0.25, 0.3) is 11.1 Å². The summed E-state index contributed by atoms with van der Waals surface area (Å²) in [7, 11) is 1.79. The topological polar surface area (TPSA) is 44.9 Å². The lowest BCUT2D eigenvalue weighted by molar-refractivity contribution is 1.42. The number of halogens is 1. The molecule has 0 fully saturated rings. The maximum Gasteiger partial charge on any atom is 0.268 e. The number of rotatable bonds is 2. The van der Waals surface area contributed by atoms with Gasteiger partial charge in [-0.2, -0.15) is 0 Å². The highest BCUT2D eigenvalue weighted by atomic mass is 35.5. The van der Waals surface area contributed by atoms with Gasteiger partial charge in [0.1, 0.15) is 5.00 Å². The maximum atomic E-state index is 11.6. The Labute approximate surface area is 95.9 Å². The van der Waals surface area contributed by atoms with Crippen LogP contribution in [0.1, 0.15) is 0 Å². The molecule has 0 radical (unpaired) electrons. The molecule has 2 N–H and O–H groups in total. The molecule has 0 aliphatic rings. The van der Waals surface area contributed by atoms with Crippen molar-refractivity contribution in [3.8, 4) is 11.1 Å². The summed E-state index contributed by atoms with van der Waals surface area (Å²) < 4.78 is 2.69. The predicted molar refractivity (Wildman–Crippen MR) is 64.9 cm³/mol. The van der Waals surface area contributed by atoms with E-state index in [4.69, 9.17) is 11.6 Å². The molecule has 1 heterocycles. The standard InChI is InChI=1S/C10H9ClN2OS/c1-12-10-8(9(14)13-15-10)6-2-4-7(11)5-3-6/h2-5,12H,1H3,(H,13,14). The van der Waals surface area contributed by atoms with Gasteiger partial charge in [0, 0.05) is 12.1 Å². The van der Waals surface area contributed by atoms with E-state index in [9.17, 15) is 4.79 Å². The number of aromatic amines is 1. The summed E-state index contributed by atoms with van der Waals surface area (Å²) in [6.45, 7) is 0. The molecule has 0 spiro atoms. The van der Waals surface area contributed by atoms with E-state index in [2.05, 4.69) is 9.69 Å². The van der Waals surface area contributed by atoms with E-state index in [0.29, 0.717) is 10.6 Å². The van der Waals surface area contributed by atoms with Crippen LogP contribution in [0.3, 0.4) is 0 Å². The second-order valence-corrected chi connectivity index (χ2v) is 4.25. The fourth-order valence-corrected chi connectivity index (χ4v) is 2.19. The van der Waals surface area contributed by atoms with E-state index >= 15 is 0 Å². The molecule has 1 aromatic carbocycles. The van der Waals surface area contributed by atoms with Crippen molar-refractivity contribution >= 4 is 28.1 Å². The van der Waals surface area contributed by atoms with Gasteiger partial charge in [0.25, 0.3) is 5.56 Å². The molecule has 0 aliphatic heterocycles. The zero-order valence-corrected chi connectivity index (χ0v) is 9.58.